The molecular weight excluding hydrogens is 252 g/mol. The van der Waals surface area contributed by atoms with Gasteiger partial charge in [-0.25, -0.2) is 0 Å². The molecule has 2 saturated heterocycles. The van der Waals surface area contributed by atoms with E-state index in [2.05, 4.69) is 34.1 Å². The van der Waals surface area contributed by atoms with Gasteiger partial charge in [0.1, 0.15) is 0 Å². The Morgan fingerprint density at radius 2 is 1.85 bits per heavy atom. The van der Waals surface area contributed by atoms with E-state index in [1.54, 1.807) is 0 Å². The summed E-state index contributed by atoms with van der Waals surface area (Å²) in [5, 5.41) is 13.6. The first-order valence-corrected chi connectivity index (χ1v) is 8.11. The minimum absolute atomic E-state index is 0.218. The summed E-state index contributed by atoms with van der Waals surface area (Å²) >= 11 is 0. The molecule has 1 atom stereocenters. The molecule has 5 nitrogen and oxygen atoms in total. The molecule has 0 aromatic rings. The van der Waals surface area contributed by atoms with E-state index >= 15 is 0 Å². The van der Waals surface area contributed by atoms with Crippen LogP contribution in [-0.2, 0) is 0 Å². The minimum atomic E-state index is -0.218. The molecule has 2 fully saturated rings. The Morgan fingerprint density at radius 3 is 2.50 bits per heavy atom. The third-order valence-electron chi connectivity index (χ3n) is 4.61. The lowest BCUT2D eigenvalue weighted by Crippen LogP contribution is -2.48. The highest BCUT2D eigenvalue weighted by Crippen LogP contribution is 2.16. The Hall–Kier alpha value is -0.200. The molecule has 5 heteroatoms. The molecule has 2 heterocycles. The van der Waals surface area contributed by atoms with Gasteiger partial charge in [-0.05, 0) is 45.9 Å². The number of nitrogens with one attached hydrogen (secondary N) is 1. The monoisotopic (exact) mass is 284 g/mol. The van der Waals surface area contributed by atoms with Crippen LogP contribution in [-0.4, -0.2) is 98.9 Å². The normalized spacial score (nSPS) is 25.2. The predicted molar refractivity (Wildman–Crippen MR) is 83.0 cm³/mol. The summed E-state index contributed by atoms with van der Waals surface area (Å²) in [6, 6.07) is 0. The maximum Gasteiger partial charge on any atom is 0.0793 e. The number of likely N-dealkylation sites (N-methyl/N-ethyl adjacent to an activating group) is 1. The topological polar surface area (TPSA) is 42.0 Å². The van der Waals surface area contributed by atoms with Crippen LogP contribution in [0.25, 0.3) is 0 Å². The highest BCUT2D eigenvalue weighted by molar-refractivity contribution is 4.76. The van der Waals surface area contributed by atoms with Crippen LogP contribution < -0.4 is 5.32 Å². The Balaban J connectivity index is 1.61. The van der Waals surface area contributed by atoms with Gasteiger partial charge in [-0.3, -0.25) is 4.90 Å². The van der Waals surface area contributed by atoms with Crippen molar-refractivity contribution in [2.45, 2.75) is 18.9 Å². The second-order valence-electron chi connectivity index (χ2n) is 6.67. The third kappa shape index (κ3) is 5.66. The van der Waals surface area contributed by atoms with Crippen molar-refractivity contribution in [2.24, 2.45) is 5.92 Å². The molecule has 118 valence electrons. The zero-order chi connectivity index (χ0) is 14.4. The van der Waals surface area contributed by atoms with Gasteiger partial charge < -0.3 is 20.2 Å². The summed E-state index contributed by atoms with van der Waals surface area (Å²) in [5.74, 6) is 0.808. The average Bonchev–Trinajstić information content (AvgIpc) is 2.42. The molecule has 0 aromatic carbocycles. The molecule has 0 radical (unpaired) electrons. The van der Waals surface area contributed by atoms with Crippen molar-refractivity contribution in [3.63, 3.8) is 0 Å². The number of rotatable bonds is 6. The fraction of sp³-hybridized carbons (Fsp3) is 1.00. The first-order chi connectivity index (χ1) is 9.63. The first kappa shape index (κ1) is 16.2. The molecule has 0 saturated carbocycles. The number of aliphatic hydroxyl groups excluding tert-OH is 1. The molecule has 2 aliphatic rings. The molecule has 0 aromatic heterocycles. The zero-order valence-corrected chi connectivity index (χ0v) is 13.2. The van der Waals surface area contributed by atoms with E-state index in [9.17, 15) is 5.11 Å². The highest BCUT2D eigenvalue weighted by atomic mass is 16.3. The maximum absolute atomic E-state index is 10.2. The molecule has 2 N–H and O–H groups in total. The molecule has 0 amide bonds. The van der Waals surface area contributed by atoms with E-state index in [0.29, 0.717) is 0 Å². The second kappa shape index (κ2) is 8.29. The maximum atomic E-state index is 10.2. The van der Waals surface area contributed by atoms with E-state index in [-0.39, 0.29) is 6.10 Å². The smallest absolute Gasteiger partial charge is 0.0793 e. The summed E-state index contributed by atoms with van der Waals surface area (Å²) < 4.78 is 0. The number of hydrogen-bond acceptors (Lipinski definition) is 5. The fourth-order valence-corrected chi connectivity index (χ4v) is 3.37. The van der Waals surface area contributed by atoms with Gasteiger partial charge in [0, 0.05) is 45.8 Å². The van der Waals surface area contributed by atoms with Crippen molar-refractivity contribution in [2.75, 3.05) is 73.0 Å². The molecule has 0 spiro atoms. The predicted octanol–water partition coefficient (Wildman–Crippen LogP) is -0.474. The van der Waals surface area contributed by atoms with Gasteiger partial charge in [-0.2, -0.15) is 0 Å². The molecule has 0 bridgehead atoms. The van der Waals surface area contributed by atoms with Crippen LogP contribution >= 0.6 is 0 Å². The summed E-state index contributed by atoms with van der Waals surface area (Å²) in [7, 11) is 4.36. The Labute approximate surface area is 123 Å². The summed E-state index contributed by atoms with van der Waals surface area (Å²) in [6.45, 7) is 9.44. The lowest BCUT2D eigenvalue weighted by atomic mass is 9.96. The van der Waals surface area contributed by atoms with Crippen LogP contribution in [0, 0.1) is 5.92 Å². The minimum Gasteiger partial charge on any atom is -0.390 e. The average molecular weight is 284 g/mol. The van der Waals surface area contributed by atoms with E-state index in [1.165, 1.54) is 25.9 Å². The zero-order valence-electron chi connectivity index (χ0n) is 13.2. The van der Waals surface area contributed by atoms with Gasteiger partial charge in [-0.1, -0.05) is 0 Å². The van der Waals surface area contributed by atoms with Crippen molar-refractivity contribution in [3.8, 4) is 0 Å². The van der Waals surface area contributed by atoms with Crippen molar-refractivity contribution in [1.29, 1.82) is 0 Å². The van der Waals surface area contributed by atoms with Gasteiger partial charge in [-0.15, -0.1) is 0 Å². The van der Waals surface area contributed by atoms with Crippen LogP contribution in [0.1, 0.15) is 12.8 Å². The largest absolute Gasteiger partial charge is 0.390 e. The van der Waals surface area contributed by atoms with E-state index in [4.69, 9.17) is 0 Å². The van der Waals surface area contributed by atoms with Crippen molar-refractivity contribution in [1.82, 2.24) is 20.0 Å². The lowest BCUT2D eigenvalue weighted by molar-refractivity contribution is 0.0682. The Morgan fingerprint density at radius 1 is 1.20 bits per heavy atom. The van der Waals surface area contributed by atoms with Gasteiger partial charge in [0.15, 0.2) is 0 Å². The number of piperidine rings is 1. The van der Waals surface area contributed by atoms with Crippen molar-refractivity contribution in [3.05, 3.63) is 0 Å². The number of nitrogens with zero attached hydrogens (tertiary/aromatic N) is 3. The fourth-order valence-electron chi connectivity index (χ4n) is 3.37. The van der Waals surface area contributed by atoms with Gasteiger partial charge in [0.2, 0.25) is 0 Å². The van der Waals surface area contributed by atoms with Crippen LogP contribution in [0.4, 0.5) is 0 Å². The summed E-state index contributed by atoms with van der Waals surface area (Å²) in [6.07, 6.45) is 2.38. The highest BCUT2D eigenvalue weighted by Gasteiger charge is 2.20. The van der Waals surface area contributed by atoms with Crippen LogP contribution in [0.3, 0.4) is 0 Å². The third-order valence-corrected chi connectivity index (χ3v) is 4.61. The van der Waals surface area contributed by atoms with E-state index in [0.717, 1.165) is 51.7 Å². The summed E-state index contributed by atoms with van der Waals surface area (Å²) in [5.41, 5.74) is 0. The van der Waals surface area contributed by atoms with Gasteiger partial charge in [0.05, 0.1) is 6.10 Å². The van der Waals surface area contributed by atoms with E-state index < -0.39 is 0 Å². The molecule has 20 heavy (non-hydrogen) atoms. The quantitative estimate of drug-likeness (QED) is 0.690. The van der Waals surface area contributed by atoms with Crippen LogP contribution in [0.2, 0.25) is 0 Å². The molecular formula is C15H32N4O. The Bertz CT molecular complexity index is 263. The van der Waals surface area contributed by atoms with Crippen LogP contribution in [0.15, 0.2) is 0 Å². The molecule has 2 rings (SSSR count). The summed E-state index contributed by atoms with van der Waals surface area (Å²) in [4.78, 5) is 7.10. The van der Waals surface area contributed by atoms with E-state index in [1.807, 2.05) is 0 Å². The van der Waals surface area contributed by atoms with Crippen molar-refractivity contribution < 1.29 is 5.11 Å². The number of likely N-dealkylation sites (tertiary alicyclic amines) is 1. The van der Waals surface area contributed by atoms with Crippen LogP contribution in [0.5, 0.6) is 0 Å². The molecule has 0 aliphatic carbocycles. The molecule has 1 unspecified atom stereocenters. The van der Waals surface area contributed by atoms with Gasteiger partial charge >= 0.3 is 0 Å². The Kier molecular flexibility index (Phi) is 6.71. The number of hydrogen-bond donors (Lipinski definition) is 2. The number of piperazine rings is 1. The van der Waals surface area contributed by atoms with Gasteiger partial charge in [0.25, 0.3) is 0 Å². The number of β-amino-alcohol motifs (C(OH)–C–C–N with tert-alkyl or cyclic N) is 1. The SMILES string of the molecule is CN1CCC(CN(C)CC(O)CN2CCNCC2)CC1. The standard InChI is InChI=1S/C15H32N4O/c1-17-7-3-14(4-8-17)11-18(2)12-15(20)13-19-9-5-16-6-10-19/h14-16,20H,3-13H2,1-2H3. The number of aliphatic hydroxyl groups is 1. The first-order valence-electron chi connectivity index (χ1n) is 8.11. The molecule has 2 aliphatic heterocycles. The van der Waals surface area contributed by atoms with Crippen molar-refractivity contribution >= 4 is 0 Å². The second-order valence-corrected chi connectivity index (χ2v) is 6.67. The lowest BCUT2D eigenvalue weighted by Gasteiger charge is -2.33.